The van der Waals surface area contributed by atoms with Crippen LogP contribution >= 0.6 is 0 Å². The Morgan fingerprint density at radius 1 is 0.881 bits per heavy atom. The third-order valence-electron chi connectivity index (χ3n) is 6.91. The average molecular weight is 576 g/mol. The van der Waals surface area contributed by atoms with Gasteiger partial charge in [-0.2, -0.15) is 0 Å². The molecular weight excluding hydrogens is 538 g/mol. The molecule has 0 amide bonds. The summed E-state index contributed by atoms with van der Waals surface area (Å²) in [6.45, 7) is 1.96. The first-order valence-corrected chi connectivity index (χ1v) is 13.6. The summed E-state index contributed by atoms with van der Waals surface area (Å²) in [6.07, 6.45) is 6.20. The molecule has 0 aliphatic carbocycles. The molecule has 0 bridgehead atoms. The maximum absolute atomic E-state index is 13.6. The zero-order valence-electron chi connectivity index (χ0n) is 24.6. The van der Waals surface area contributed by atoms with Crippen LogP contribution in [-0.4, -0.2) is 71.0 Å². The minimum absolute atomic E-state index is 0.151. The van der Waals surface area contributed by atoms with Crippen molar-refractivity contribution in [2.45, 2.75) is 12.8 Å². The van der Waals surface area contributed by atoms with Crippen molar-refractivity contribution in [3.63, 3.8) is 0 Å². The number of methoxy groups -OCH3 is 4. The predicted molar refractivity (Wildman–Crippen MR) is 162 cm³/mol. The van der Waals surface area contributed by atoms with Crippen molar-refractivity contribution < 1.29 is 38.0 Å². The Bertz CT molecular complexity index is 1520. The highest BCUT2D eigenvalue weighted by Gasteiger charge is 2.28. The number of furan rings is 1. The molecule has 0 fully saturated rings. The minimum Gasteiger partial charge on any atom is -0.508 e. The first-order chi connectivity index (χ1) is 20.4. The zero-order valence-corrected chi connectivity index (χ0v) is 24.6. The molecule has 0 aliphatic heterocycles. The van der Waals surface area contributed by atoms with Crippen LogP contribution in [0.15, 0.2) is 65.3 Å². The Hall–Kier alpha value is -4.63. The Morgan fingerprint density at radius 3 is 2.31 bits per heavy atom. The zero-order chi connectivity index (χ0) is 30.1. The fraction of sp³-hybridized carbons (Fsp3) is 0.303. The normalized spacial score (nSPS) is 11.3. The molecule has 4 rings (SSSR count). The van der Waals surface area contributed by atoms with E-state index in [0.717, 1.165) is 30.6 Å². The first-order valence-electron chi connectivity index (χ1n) is 13.6. The maximum Gasteiger partial charge on any atom is 0.205 e. The number of carbonyl (C=O) groups is 1. The van der Waals surface area contributed by atoms with Gasteiger partial charge in [0.2, 0.25) is 5.75 Å². The number of carbonyl (C=O) groups excluding carboxylic acids is 1. The van der Waals surface area contributed by atoms with E-state index in [1.54, 1.807) is 50.6 Å². The van der Waals surface area contributed by atoms with Gasteiger partial charge in [0.15, 0.2) is 28.6 Å². The van der Waals surface area contributed by atoms with Gasteiger partial charge in [0.05, 0.1) is 46.7 Å². The first kappa shape index (κ1) is 30.3. The monoisotopic (exact) mass is 575 g/mol. The van der Waals surface area contributed by atoms with Crippen molar-refractivity contribution >= 4 is 22.8 Å². The molecule has 1 aromatic heterocycles. The number of rotatable bonds is 15. The molecule has 0 radical (unpaired) electrons. The number of ether oxygens (including phenoxy) is 5. The molecule has 0 atom stereocenters. The van der Waals surface area contributed by atoms with Crippen molar-refractivity contribution in [1.29, 1.82) is 0 Å². The van der Waals surface area contributed by atoms with Crippen LogP contribution in [0.25, 0.3) is 17.0 Å². The second-order valence-electron chi connectivity index (χ2n) is 9.67. The van der Waals surface area contributed by atoms with E-state index in [4.69, 9.17) is 28.1 Å². The second-order valence-corrected chi connectivity index (χ2v) is 9.67. The van der Waals surface area contributed by atoms with Gasteiger partial charge in [0.1, 0.15) is 17.1 Å². The second kappa shape index (κ2) is 14.3. The SMILES string of the molecule is COc1ccc(CCN(C)CCCOc2c(C(=O)C=Cc3ccc(O)cc3)c(OC)c3ccoc3c2OC)cc1OC. The van der Waals surface area contributed by atoms with Crippen LogP contribution in [0.1, 0.15) is 27.9 Å². The van der Waals surface area contributed by atoms with Gasteiger partial charge in [-0.15, -0.1) is 0 Å². The molecule has 0 saturated carbocycles. The van der Waals surface area contributed by atoms with E-state index in [1.165, 1.54) is 26.6 Å². The van der Waals surface area contributed by atoms with Gasteiger partial charge in [0.25, 0.3) is 0 Å². The molecule has 9 heteroatoms. The lowest BCUT2D eigenvalue weighted by Crippen LogP contribution is -2.24. The van der Waals surface area contributed by atoms with E-state index in [2.05, 4.69) is 11.9 Å². The van der Waals surface area contributed by atoms with E-state index in [0.29, 0.717) is 47.0 Å². The fourth-order valence-electron chi connectivity index (χ4n) is 4.69. The number of nitrogens with zero attached hydrogens (tertiary/aromatic N) is 1. The van der Waals surface area contributed by atoms with Gasteiger partial charge in [0, 0.05) is 13.1 Å². The number of phenols is 1. The molecule has 4 aromatic rings. The summed E-state index contributed by atoms with van der Waals surface area (Å²) in [7, 11) is 8.33. The van der Waals surface area contributed by atoms with Crippen molar-refractivity contribution in [1.82, 2.24) is 4.90 Å². The topological polar surface area (TPSA) is 99.8 Å². The number of allylic oxidation sites excluding steroid dienone is 1. The van der Waals surface area contributed by atoms with Crippen LogP contribution in [0.4, 0.5) is 0 Å². The highest BCUT2D eigenvalue weighted by Crippen LogP contribution is 2.46. The van der Waals surface area contributed by atoms with Gasteiger partial charge in [-0.3, -0.25) is 4.79 Å². The van der Waals surface area contributed by atoms with Gasteiger partial charge in [-0.05, 0) is 67.4 Å². The lowest BCUT2D eigenvalue weighted by atomic mass is 10.0. The van der Waals surface area contributed by atoms with Crippen molar-refractivity contribution in [2.24, 2.45) is 0 Å². The molecule has 3 aromatic carbocycles. The molecule has 0 spiro atoms. The minimum atomic E-state index is -0.316. The Kier molecular flexibility index (Phi) is 10.3. The van der Waals surface area contributed by atoms with Crippen molar-refractivity contribution in [2.75, 3.05) is 55.2 Å². The lowest BCUT2D eigenvalue weighted by Gasteiger charge is -2.19. The van der Waals surface area contributed by atoms with E-state index in [-0.39, 0.29) is 22.8 Å². The van der Waals surface area contributed by atoms with Crippen molar-refractivity contribution in [3.05, 3.63) is 77.6 Å². The number of fused-ring (bicyclic) bond motifs is 1. The number of aromatic hydroxyl groups is 1. The number of phenolic OH excluding ortho intramolecular Hbond substituents is 1. The van der Waals surface area contributed by atoms with Gasteiger partial charge in [-0.1, -0.05) is 24.3 Å². The van der Waals surface area contributed by atoms with Crippen LogP contribution in [0.5, 0.6) is 34.5 Å². The van der Waals surface area contributed by atoms with Crippen LogP contribution < -0.4 is 23.7 Å². The molecule has 0 aliphatic rings. The van der Waals surface area contributed by atoms with E-state index >= 15 is 0 Å². The number of hydrogen-bond donors (Lipinski definition) is 1. The average Bonchev–Trinajstić information content (AvgIpc) is 3.50. The molecule has 0 saturated heterocycles. The molecule has 1 heterocycles. The Balaban J connectivity index is 1.47. The summed E-state index contributed by atoms with van der Waals surface area (Å²) in [5.41, 5.74) is 2.61. The lowest BCUT2D eigenvalue weighted by molar-refractivity contribution is 0.104. The van der Waals surface area contributed by atoms with Crippen LogP contribution in [0.3, 0.4) is 0 Å². The summed E-state index contributed by atoms with van der Waals surface area (Å²) in [6, 6.07) is 14.2. The predicted octanol–water partition coefficient (Wildman–Crippen LogP) is 6.01. The van der Waals surface area contributed by atoms with Gasteiger partial charge < -0.3 is 38.1 Å². The fourth-order valence-corrected chi connectivity index (χ4v) is 4.69. The molecule has 1 N–H and O–H groups in total. The Morgan fingerprint density at radius 2 is 1.62 bits per heavy atom. The quantitative estimate of drug-likeness (QED) is 0.104. The van der Waals surface area contributed by atoms with Gasteiger partial charge >= 0.3 is 0 Å². The molecule has 0 unspecified atom stereocenters. The summed E-state index contributed by atoms with van der Waals surface area (Å²) < 4.78 is 34.0. The highest BCUT2D eigenvalue weighted by molar-refractivity contribution is 6.15. The number of hydrogen-bond acceptors (Lipinski definition) is 9. The van der Waals surface area contributed by atoms with E-state index in [1.807, 2.05) is 18.2 Å². The molecule has 9 nitrogen and oxygen atoms in total. The molecule has 42 heavy (non-hydrogen) atoms. The van der Waals surface area contributed by atoms with Crippen LogP contribution in [-0.2, 0) is 6.42 Å². The van der Waals surface area contributed by atoms with E-state index < -0.39 is 0 Å². The summed E-state index contributed by atoms with van der Waals surface area (Å²) in [5, 5.41) is 10.2. The van der Waals surface area contributed by atoms with Crippen LogP contribution in [0, 0.1) is 0 Å². The largest absolute Gasteiger partial charge is 0.508 e. The third kappa shape index (κ3) is 6.98. The van der Waals surface area contributed by atoms with Crippen LogP contribution in [0.2, 0.25) is 0 Å². The smallest absolute Gasteiger partial charge is 0.205 e. The third-order valence-corrected chi connectivity index (χ3v) is 6.91. The van der Waals surface area contributed by atoms with Crippen molar-refractivity contribution in [3.8, 4) is 34.5 Å². The van der Waals surface area contributed by atoms with E-state index in [9.17, 15) is 9.90 Å². The number of ketones is 1. The maximum atomic E-state index is 13.6. The highest BCUT2D eigenvalue weighted by atomic mass is 16.5. The summed E-state index contributed by atoms with van der Waals surface area (Å²) in [5.74, 6) is 2.21. The standard InChI is InChI=1S/C33H37NO8/c1-34(18-15-23-10-14-27(37-2)28(21-23)38-3)17-6-19-41-32-29(26(36)13-9-22-7-11-24(35)12-8-22)30(39-4)25-16-20-42-31(25)33(32)40-5/h7-14,16,20-21,35H,6,15,17-19H2,1-5H3. The summed E-state index contributed by atoms with van der Waals surface area (Å²) in [4.78, 5) is 15.8. The summed E-state index contributed by atoms with van der Waals surface area (Å²) >= 11 is 0. The number of likely N-dealkylation sites (N-methyl/N-ethyl adjacent to an activating group) is 1. The Labute approximate surface area is 245 Å². The van der Waals surface area contributed by atoms with Gasteiger partial charge in [-0.25, -0.2) is 0 Å². The molecular formula is C33H37NO8. The number of benzene rings is 3. The molecule has 222 valence electrons.